The molecule has 6 heteroatoms. The molecule has 0 aliphatic rings. The van der Waals surface area contributed by atoms with E-state index in [1.54, 1.807) is 20.3 Å². The molecule has 3 rings (SSSR count). The van der Waals surface area contributed by atoms with Crippen LogP contribution in [0.5, 0.6) is 11.5 Å². The second-order valence-corrected chi connectivity index (χ2v) is 5.21. The molecule has 0 aliphatic carbocycles. The molecule has 0 atom stereocenters. The lowest BCUT2D eigenvalue weighted by Crippen LogP contribution is -2.00. The number of fused-ring (bicyclic) bond motifs is 1. The van der Waals surface area contributed by atoms with Gasteiger partial charge in [-0.25, -0.2) is 4.79 Å². The van der Waals surface area contributed by atoms with Gasteiger partial charge in [0.15, 0.2) is 11.5 Å². The summed E-state index contributed by atoms with van der Waals surface area (Å²) in [4.78, 5) is 11.0. The highest BCUT2D eigenvalue weighted by Crippen LogP contribution is 2.30. The highest BCUT2D eigenvalue weighted by Gasteiger charge is 2.10. The summed E-state index contributed by atoms with van der Waals surface area (Å²) in [7, 11) is 3.19. The van der Waals surface area contributed by atoms with Crippen molar-refractivity contribution in [2.45, 2.75) is 6.54 Å². The van der Waals surface area contributed by atoms with Gasteiger partial charge in [0.25, 0.3) is 0 Å². The Labute approximate surface area is 138 Å². The summed E-state index contributed by atoms with van der Waals surface area (Å²) >= 11 is 0. The molecule has 1 aromatic heterocycles. The molecule has 24 heavy (non-hydrogen) atoms. The maximum atomic E-state index is 11.0. The summed E-state index contributed by atoms with van der Waals surface area (Å²) in [5.41, 5.74) is 2.46. The van der Waals surface area contributed by atoms with Gasteiger partial charge in [0.2, 0.25) is 5.76 Å². The third-order valence-corrected chi connectivity index (χ3v) is 3.67. The van der Waals surface area contributed by atoms with E-state index in [2.05, 4.69) is 5.32 Å². The summed E-state index contributed by atoms with van der Waals surface area (Å²) in [6.45, 7) is 0.582. The van der Waals surface area contributed by atoms with Gasteiger partial charge >= 0.3 is 5.97 Å². The van der Waals surface area contributed by atoms with Gasteiger partial charge in [0, 0.05) is 23.7 Å². The van der Waals surface area contributed by atoms with Crippen molar-refractivity contribution < 1.29 is 23.8 Å². The maximum absolute atomic E-state index is 11.0. The second-order valence-electron chi connectivity index (χ2n) is 5.21. The van der Waals surface area contributed by atoms with Crippen LogP contribution >= 0.6 is 0 Å². The van der Waals surface area contributed by atoms with Crippen LogP contribution in [0.15, 0.2) is 46.9 Å². The first-order valence-electron chi connectivity index (χ1n) is 7.32. The Morgan fingerprint density at radius 2 is 1.88 bits per heavy atom. The Hall–Kier alpha value is -3.15. The molecular weight excluding hydrogens is 310 g/mol. The number of hydrogen-bond donors (Lipinski definition) is 2. The smallest absolute Gasteiger partial charge is 0.371 e. The van der Waals surface area contributed by atoms with Gasteiger partial charge < -0.3 is 24.3 Å². The topological polar surface area (TPSA) is 80.9 Å². The zero-order chi connectivity index (χ0) is 17.1. The van der Waals surface area contributed by atoms with Crippen LogP contribution in [0.2, 0.25) is 0 Å². The number of carboxylic acids is 1. The number of ether oxygens (including phenoxy) is 2. The van der Waals surface area contributed by atoms with Gasteiger partial charge in [-0.3, -0.25) is 0 Å². The Morgan fingerprint density at radius 3 is 2.58 bits per heavy atom. The SMILES string of the molecule is COc1ccc(NCc2ccc3oc(C(=O)O)cc3c2)cc1OC. The lowest BCUT2D eigenvalue weighted by molar-refractivity contribution is 0.0665. The van der Waals surface area contributed by atoms with Gasteiger partial charge in [0.05, 0.1) is 14.2 Å². The summed E-state index contributed by atoms with van der Waals surface area (Å²) < 4.78 is 15.7. The lowest BCUT2D eigenvalue weighted by Gasteiger charge is -2.11. The zero-order valence-electron chi connectivity index (χ0n) is 13.3. The van der Waals surface area contributed by atoms with Crippen molar-refractivity contribution in [3.8, 4) is 11.5 Å². The number of nitrogens with one attached hydrogen (secondary N) is 1. The molecule has 1 heterocycles. The predicted molar refractivity (Wildman–Crippen MR) is 90.0 cm³/mol. The largest absolute Gasteiger partial charge is 0.493 e. The molecule has 0 amide bonds. The highest BCUT2D eigenvalue weighted by molar-refractivity contribution is 5.91. The number of aromatic carboxylic acids is 1. The summed E-state index contributed by atoms with van der Waals surface area (Å²) in [5, 5.41) is 13.0. The number of anilines is 1. The van der Waals surface area contributed by atoms with E-state index in [0.29, 0.717) is 23.6 Å². The minimum atomic E-state index is -1.07. The number of hydrogen-bond acceptors (Lipinski definition) is 5. The summed E-state index contributed by atoms with van der Waals surface area (Å²) in [6, 6.07) is 12.7. The average Bonchev–Trinajstić information content (AvgIpc) is 3.03. The fourth-order valence-corrected chi connectivity index (χ4v) is 2.46. The van der Waals surface area contributed by atoms with Crippen LogP contribution in [0.4, 0.5) is 5.69 Å². The minimum absolute atomic E-state index is 0.0602. The molecule has 0 saturated heterocycles. The monoisotopic (exact) mass is 327 g/mol. The van der Waals surface area contributed by atoms with E-state index >= 15 is 0 Å². The van der Waals surface area contributed by atoms with Crippen LogP contribution in [-0.4, -0.2) is 25.3 Å². The van der Waals surface area contributed by atoms with Crippen molar-refractivity contribution in [2.24, 2.45) is 0 Å². The first-order chi connectivity index (χ1) is 11.6. The maximum Gasteiger partial charge on any atom is 0.371 e. The molecule has 0 fully saturated rings. The molecule has 0 spiro atoms. The molecule has 124 valence electrons. The third-order valence-electron chi connectivity index (χ3n) is 3.67. The predicted octanol–water partition coefficient (Wildman–Crippen LogP) is 3.76. The van der Waals surface area contributed by atoms with E-state index in [4.69, 9.17) is 19.0 Å². The van der Waals surface area contributed by atoms with Gasteiger partial charge in [-0.15, -0.1) is 0 Å². The molecule has 3 aromatic rings. The fraction of sp³-hybridized carbons (Fsp3) is 0.167. The van der Waals surface area contributed by atoms with Crippen LogP contribution in [0.3, 0.4) is 0 Å². The number of methoxy groups -OCH3 is 2. The van der Waals surface area contributed by atoms with Crippen molar-refractivity contribution in [1.82, 2.24) is 0 Å². The van der Waals surface area contributed by atoms with E-state index in [1.807, 2.05) is 30.3 Å². The quantitative estimate of drug-likeness (QED) is 0.717. The van der Waals surface area contributed by atoms with Crippen molar-refractivity contribution in [2.75, 3.05) is 19.5 Å². The first-order valence-corrected chi connectivity index (χ1v) is 7.32. The number of carboxylic acid groups (broad SMARTS) is 1. The van der Waals surface area contributed by atoms with E-state index in [-0.39, 0.29) is 5.76 Å². The van der Waals surface area contributed by atoms with Crippen LogP contribution in [0.1, 0.15) is 16.1 Å². The molecule has 0 aliphatic heterocycles. The Bertz CT molecular complexity index is 884. The van der Waals surface area contributed by atoms with Gasteiger partial charge in [-0.1, -0.05) is 6.07 Å². The van der Waals surface area contributed by atoms with Crippen molar-refractivity contribution in [3.05, 3.63) is 53.8 Å². The van der Waals surface area contributed by atoms with Crippen molar-refractivity contribution in [3.63, 3.8) is 0 Å². The van der Waals surface area contributed by atoms with E-state index in [1.165, 1.54) is 6.07 Å². The van der Waals surface area contributed by atoms with Gasteiger partial charge in [-0.2, -0.15) is 0 Å². The average molecular weight is 327 g/mol. The number of rotatable bonds is 6. The number of furan rings is 1. The molecule has 0 saturated carbocycles. The summed E-state index contributed by atoms with van der Waals surface area (Å²) in [5.74, 6) is 0.189. The van der Waals surface area contributed by atoms with Crippen molar-refractivity contribution in [1.29, 1.82) is 0 Å². The first kappa shape index (κ1) is 15.7. The minimum Gasteiger partial charge on any atom is -0.493 e. The molecule has 6 nitrogen and oxygen atoms in total. The second kappa shape index (κ2) is 6.54. The molecule has 2 N–H and O–H groups in total. The normalized spacial score (nSPS) is 10.6. The molecule has 2 aromatic carbocycles. The molecule has 0 unspecified atom stereocenters. The molecule has 0 radical (unpaired) electrons. The van der Waals surface area contributed by atoms with E-state index in [0.717, 1.165) is 16.6 Å². The van der Waals surface area contributed by atoms with Crippen LogP contribution < -0.4 is 14.8 Å². The Balaban J connectivity index is 1.76. The molecular formula is C18H17NO5. The Morgan fingerprint density at radius 1 is 1.08 bits per heavy atom. The van der Waals surface area contributed by atoms with Crippen LogP contribution in [0, 0.1) is 0 Å². The molecule has 0 bridgehead atoms. The number of benzene rings is 2. The fourth-order valence-electron chi connectivity index (χ4n) is 2.46. The van der Waals surface area contributed by atoms with Crippen molar-refractivity contribution >= 4 is 22.6 Å². The van der Waals surface area contributed by atoms with Crippen LogP contribution in [-0.2, 0) is 6.54 Å². The zero-order valence-corrected chi connectivity index (χ0v) is 13.3. The van der Waals surface area contributed by atoms with E-state index in [9.17, 15) is 4.79 Å². The Kier molecular flexibility index (Phi) is 4.29. The highest BCUT2D eigenvalue weighted by atomic mass is 16.5. The third kappa shape index (κ3) is 3.12. The number of carbonyl (C=O) groups is 1. The standard InChI is InChI=1S/C18H17NO5/c1-22-15-6-4-13(9-16(15)23-2)19-10-11-3-5-14-12(7-11)8-17(24-14)18(20)21/h3-9,19H,10H2,1-2H3,(H,20,21). The van der Waals surface area contributed by atoms with Gasteiger partial charge in [0.1, 0.15) is 5.58 Å². The summed E-state index contributed by atoms with van der Waals surface area (Å²) in [6.07, 6.45) is 0. The van der Waals surface area contributed by atoms with E-state index < -0.39 is 5.97 Å². The van der Waals surface area contributed by atoms with Crippen LogP contribution in [0.25, 0.3) is 11.0 Å². The lowest BCUT2D eigenvalue weighted by atomic mass is 10.1. The van der Waals surface area contributed by atoms with Gasteiger partial charge in [-0.05, 0) is 35.9 Å².